The van der Waals surface area contributed by atoms with Crippen molar-refractivity contribution in [2.45, 2.75) is 26.8 Å². The molecule has 0 spiro atoms. The van der Waals surface area contributed by atoms with Crippen LogP contribution in [0.3, 0.4) is 0 Å². The Balaban J connectivity index is 1.50. The fourth-order valence-corrected chi connectivity index (χ4v) is 6.51. The molecule has 2 aromatic heterocycles. The zero-order valence-electron chi connectivity index (χ0n) is 22.8. The minimum atomic E-state index is -0.661. The largest absolute Gasteiger partial charge is 0.322 e. The number of thiazole rings is 1. The lowest BCUT2D eigenvalue weighted by molar-refractivity contribution is -0.113. The smallest absolute Gasteiger partial charge is 0.271 e. The summed E-state index contributed by atoms with van der Waals surface area (Å²) in [5, 5.41) is 3.55. The fourth-order valence-electron chi connectivity index (χ4n) is 5.34. The molecule has 6 rings (SSSR count). The zero-order chi connectivity index (χ0) is 28.7. The third-order valence-corrected chi connectivity index (χ3v) is 8.49. The Labute approximate surface area is 246 Å². The maximum absolute atomic E-state index is 14.1. The monoisotopic (exact) mass is 578 g/mol. The van der Waals surface area contributed by atoms with E-state index in [1.807, 2.05) is 73.7 Å². The number of carbonyl (C=O) groups excluding carboxylic acids is 1. The number of benzene rings is 3. The molecule has 1 aliphatic rings. The van der Waals surface area contributed by atoms with Gasteiger partial charge in [-0.25, -0.2) is 4.99 Å². The number of amides is 1. The Morgan fingerprint density at radius 3 is 2.29 bits per heavy atom. The summed E-state index contributed by atoms with van der Waals surface area (Å²) in [4.78, 5) is 33.1. The van der Waals surface area contributed by atoms with Crippen molar-refractivity contribution < 1.29 is 4.79 Å². The minimum absolute atomic E-state index is 0.198. The quantitative estimate of drug-likeness (QED) is 0.281. The van der Waals surface area contributed by atoms with E-state index >= 15 is 0 Å². The maximum Gasteiger partial charge on any atom is 0.271 e. The highest BCUT2D eigenvalue weighted by Crippen LogP contribution is 2.31. The van der Waals surface area contributed by atoms with Crippen LogP contribution in [0.15, 0.2) is 112 Å². The molecule has 5 aromatic rings. The van der Waals surface area contributed by atoms with Gasteiger partial charge in [0.1, 0.15) is 0 Å². The number of aryl methyl sites for hydroxylation is 1. The fraction of sp³-hybridized carbons (Fsp3) is 0.121. The number of aromatic nitrogens is 2. The first-order chi connectivity index (χ1) is 19.8. The van der Waals surface area contributed by atoms with Gasteiger partial charge in [0.05, 0.1) is 21.8 Å². The molecule has 204 valence electrons. The van der Waals surface area contributed by atoms with Gasteiger partial charge < -0.3 is 9.88 Å². The second kappa shape index (κ2) is 10.8. The average Bonchev–Trinajstić information content (AvgIpc) is 3.42. The standard InChI is InChI=1S/C33H27ClN4O2S/c1-20-18-24(22(3)37(20)27-12-8-5-9-13-27)19-28-32(40)38-30(23-14-16-25(34)17-15-23)29(21(2)35-33(38)41-28)31(39)36-26-10-6-4-7-11-26/h4-19,30H,1-3H3,(H,36,39)/b28-19-/t30-/m0/s1. The van der Waals surface area contributed by atoms with Crippen molar-refractivity contribution in [3.05, 3.63) is 149 Å². The SMILES string of the molecule is CC1=C(C(=O)Nc2ccccc2)[C@H](c2ccc(Cl)cc2)n2c(s/c(=C\c3cc(C)n(-c4ccccc4)c3C)c2=O)=N1. The molecular weight excluding hydrogens is 552 g/mol. The van der Waals surface area contributed by atoms with Crippen molar-refractivity contribution in [2.24, 2.45) is 4.99 Å². The first-order valence-electron chi connectivity index (χ1n) is 13.2. The first-order valence-corrected chi connectivity index (χ1v) is 14.4. The predicted molar refractivity (Wildman–Crippen MR) is 166 cm³/mol. The highest BCUT2D eigenvalue weighted by molar-refractivity contribution is 7.07. The Kier molecular flexibility index (Phi) is 7.07. The van der Waals surface area contributed by atoms with Crippen LogP contribution in [0.1, 0.15) is 35.5 Å². The Morgan fingerprint density at radius 2 is 1.61 bits per heavy atom. The van der Waals surface area contributed by atoms with E-state index in [2.05, 4.69) is 41.9 Å². The molecule has 0 aliphatic carbocycles. The molecule has 3 aromatic carbocycles. The Bertz CT molecular complexity index is 1990. The van der Waals surface area contributed by atoms with Crippen molar-refractivity contribution in [2.75, 3.05) is 5.32 Å². The third kappa shape index (κ3) is 4.99. The molecule has 0 unspecified atom stereocenters. The van der Waals surface area contributed by atoms with Crippen LogP contribution < -0.4 is 20.2 Å². The zero-order valence-corrected chi connectivity index (χ0v) is 24.3. The molecule has 6 nitrogen and oxygen atoms in total. The lowest BCUT2D eigenvalue weighted by atomic mass is 9.95. The number of para-hydroxylation sites is 2. The molecule has 1 N–H and O–H groups in total. The first kappa shape index (κ1) is 26.7. The number of hydrogen-bond donors (Lipinski definition) is 1. The van der Waals surface area contributed by atoms with Crippen molar-refractivity contribution in [3.63, 3.8) is 0 Å². The van der Waals surface area contributed by atoms with Crippen LogP contribution in [0.25, 0.3) is 11.8 Å². The molecule has 1 aliphatic heterocycles. The van der Waals surface area contributed by atoms with Crippen LogP contribution in [-0.2, 0) is 4.79 Å². The van der Waals surface area contributed by atoms with Crippen LogP contribution in [-0.4, -0.2) is 15.0 Å². The van der Waals surface area contributed by atoms with Gasteiger partial charge in [0.15, 0.2) is 4.80 Å². The minimum Gasteiger partial charge on any atom is -0.322 e. The van der Waals surface area contributed by atoms with Gasteiger partial charge in [-0.1, -0.05) is 71.5 Å². The number of nitrogens with one attached hydrogen (secondary N) is 1. The summed E-state index contributed by atoms with van der Waals surface area (Å²) >= 11 is 7.53. The number of fused-ring (bicyclic) bond motifs is 1. The molecule has 1 atom stereocenters. The summed E-state index contributed by atoms with van der Waals surface area (Å²) in [5.74, 6) is -0.307. The topological polar surface area (TPSA) is 68.4 Å². The average molecular weight is 579 g/mol. The lowest BCUT2D eigenvalue weighted by Crippen LogP contribution is -2.40. The molecule has 0 fully saturated rings. The van der Waals surface area contributed by atoms with Gasteiger partial charge in [0.25, 0.3) is 11.5 Å². The highest BCUT2D eigenvalue weighted by atomic mass is 35.5. The predicted octanol–water partition coefficient (Wildman–Crippen LogP) is 5.93. The van der Waals surface area contributed by atoms with Gasteiger partial charge >= 0.3 is 0 Å². The summed E-state index contributed by atoms with van der Waals surface area (Å²) in [6.45, 7) is 5.92. The van der Waals surface area contributed by atoms with Gasteiger partial charge in [-0.3, -0.25) is 14.2 Å². The van der Waals surface area contributed by atoms with E-state index in [9.17, 15) is 9.59 Å². The molecule has 3 heterocycles. The lowest BCUT2D eigenvalue weighted by Gasteiger charge is -2.25. The van der Waals surface area contributed by atoms with E-state index in [-0.39, 0.29) is 11.5 Å². The van der Waals surface area contributed by atoms with Gasteiger partial charge in [0, 0.05) is 27.8 Å². The molecule has 0 saturated carbocycles. The van der Waals surface area contributed by atoms with E-state index < -0.39 is 6.04 Å². The van der Waals surface area contributed by atoms with Crippen LogP contribution in [0.5, 0.6) is 0 Å². The van der Waals surface area contributed by atoms with E-state index in [1.54, 1.807) is 16.7 Å². The van der Waals surface area contributed by atoms with Crippen molar-refractivity contribution in [1.29, 1.82) is 0 Å². The number of hydrogen-bond acceptors (Lipinski definition) is 4. The second-order valence-electron chi connectivity index (χ2n) is 9.95. The Hall–Kier alpha value is -4.46. The van der Waals surface area contributed by atoms with Crippen LogP contribution in [0.4, 0.5) is 5.69 Å². The molecule has 0 saturated heterocycles. The number of nitrogens with zero attached hydrogens (tertiary/aromatic N) is 3. The number of allylic oxidation sites excluding steroid dienone is 1. The summed E-state index contributed by atoms with van der Waals surface area (Å²) in [6.07, 6.45) is 1.92. The van der Waals surface area contributed by atoms with E-state index in [0.717, 1.165) is 28.2 Å². The van der Waals surface area contributed by atoms with Gasteiger partial charge in [0.2, 0.25) is 0 Å². The normalized spacial score (nSPS) is 15.0. The molecule has 8 heteroatoms. The summed E-state index contributed by atoms with van der Waals surface area (Å²) in [6, 6.07) is 28.1. The molecular formula is C33H27ClN4O2S. The molecule has 1 amide bonds. The van der Waals surface area contributed by atoms with Gasteiger partial charge in [-0.05, 0) is 80.4 Å². The van der Waals surface area contributed by atoms with Crippen LogP contribution >= 0.6 is 22.9 Å². The van der Waals surface area contributed by atoms with Crippen molar-refractivity contribution in [1.82, 2.24) is 9.13 Å². The molecule has 0 radical (unpaired) electrons. The summed E-state index contributed by atoms with van der Waals surface area (Å²) in [5.41, 5.74) is 6.35. The molecule has 0 bridgehead atoms. The molecule has 41 heavy (non-hydrogen) atoms. The number of anilines is 1. The maximum atomic E-state index is 14.1. The summed E-state index contributed by atoms with van der Waals surface area (Å²) < 4.78 is 4.35. The van der Waals surface area contributed by atoms with Crippen LogP contribution in [0.2, 0.25) is 5.02 Å². The van der Waals surface area contributed by atoms with E-state index in [4.69, 9.17) is 16.6 Å². The third-order valence-electron chi connectivity index (χ3n) is 7.25. The second-order valence-corrected chi connectivity index (χ2v) is 11.4. The number of carbonyl (C=O) groups is 1. The Morgan fingerprint density at radius 1 is 0.951 bits per heavy atom. The number of rotatable bonds is 5. The summed E-state index contributed by atoms with van der Waals surface area (Å²) in [7, 11) is 0. The number of halogens is 1. The van der Waals surface area contributed by atoms with Gasteiger partial charge in [-0.2, -0.15) is 0 Å². The van der Waals surface area contributed by atoms with Crippen molar-refractivity contribution >= 4 is 40.6 Å². The van der Waals surface area contributed by atoms with E-state index in [0.29, 0.717) is 31.3 Å². The highest BCUT2D eigenvalue weighted by Gasteiger charge is 2.32. The van der Waals surface area contributed by atoms with Crippen molar-refractivity contribution in [3.8, 4) is 5.69 Å². The van der Waals surface area contributed by atoms with Crippen LogP contribution in [0, 0.1) is 13.8 Å². The van der Waals surface area contributed by atoms with E-state index in [1.165, 1.54) is 11.3 Å². The van der Waals surface area contributed by atoms with Gasteiger partial charge in [-0.15, -0.1) is 0 Å².